The summed E-state index contributed by atoms with van der Waals surface area (Å²) in [6.07, 6.45) is 0. The Hall–Kier alpha value is -6.70. The quantitative estimate of drug-likeness (QED) is 0.155. The van der Waals surface area contributed by atoms with Crippen LogP contribution in [-0.2, 0) is 0 Å². The number of hydrogen-bond donors (Lipinski definition) is 0. The van der Waals surface area contributed by atoms with E-state index in [0.29, 0.717) is 0 Å². The molecule has 0 atom stereocenters. The zero-order valence-electron chi connectivity index (χ0n) is 28.2. The number of rotatable bonds is 7. The first-order chi connectivity index (χ1) is 25.3. The van der Waals surface area contributed by atoms with Gasteiger partial charge in [-0.3, -0.25) is 0 Å². The Morgan fingerprint density at radius 1 is 0.255 bits per heavy atom. The Labute approximate surface area is 299 Å². The summed E-state index contributed by atoms with van der Waals surface area (Å²) in [5.41, 5.74) is 13.1. The van der Waals surface area contributed by atoms with E-state index in [1.807, 2.05) is 0 Å². The fourth-order valence-electron chi connectivity index (χ4n) is 7.52. The van der Waals surface area contributed by atoms with Gasteiger partial charge in [0.2, 0.25) is 0 Å². The summed E-state index contributed by atoms with van der Waals surface area (Å²) < 4.78 is 0. The minimum atomic E-state index is 1.11. The smallest absolute Gasteiger partial charge is 0.0540 e. The molecule has 0 fully saturated rings. The summed E-state index contributed by atoms with van der Waals surface area (Å²) in [5.74, 6) is 0. The van der Waals surface area contributed by atoms with Crippen LogP contribution in [0.2, 0.25) is 0 Å². The Balaban J connectivity index is 1.21. The van der Waals surface area contributed by atoms with E-state index in [1.165, 1.54) is 66.1 Å². The molecule has 9 rings (SSSR count). The third-order valence-electron chi connectivity index (χ3n) is 9.85. The van der Waals surface area contributed by atoms with Gasteiger partial charge in [0.15, 0.2) is 0 Å². The van der Waals surface area contributed by atoms with Gasteiger partial charge >= 0.3 is 0 Å². The summed E-state index contributed by atoms with van der Waals surface area (Å²) in [6, 6.07) is 76.5. The second-order valence-electron chi connectivity index (χ2n) is 12.9. The van der Waals surface area contributed by atoms with Crippen LogP contribution < -0.4 is 4.90 Å². The molecule has 0 heterocycles. The van der Waals surface area contributed by atoms with E-state index in [2.05, 4.69) is 217 Å². The van der Waals surface area contributed by atoms with E-state index in [9.17, 15) is 0 Å². The standard InChI is InChI=1S/C50H35N/c1-5-17-37(18-6-1)43-25-15-16-28-48(43)51(41-23-11-4-12-24-41)42-32-29-36(30-33-42)40-31-34-45-44-26-13-14-27-46(44)49(38-19-7-2-8-20-38)50(47(45)35-40)39-21-9-3-10-22-39/h1-35H. The first kappa shape index (κ1) is 30.4. The molecule has 0 radical (unpaired) electrons. The lowest BCUT2D eigenvalue weighted by Gasteiger charge is -2.28. The SMILES string of the molecule is c1ccc(-c2ccccc2N(c2ccccc2)c2ccc(-c3ccc4c(c3)c(-c3ccccc3)c(-c3ccccc3)c3ccccc34)cc2)cc1. The number of fused-ring (bicyclic) bond motifs is 3. The van der Waals surface area contributed by atoms with E-state index in [1.54, 1.807) is 0 Å². The van der Waals surface area contributed by atoms with Crippen molar-refractivity contribution in [2.45, 2.75) is 0 Å². The first-order valence-corrected chi connectivity index (χ1v) is 17.5. The highest BCUT2D eigenvalue weighted by Crippen LogP contribution is 2.46. The predicted octanol–water partition coefficient (Wildman–Crippen LogP) is 14.1. The van der Waals surface area contributed by atoms with Gasteiger partial charge in [0.05, 0.1) is 5.69 Å². The van der Waals surface area contributed by atoms with Crippen LogP contribution in [0.4, 0.5) is 17.1 Å². The van der Waals surface area contributed by atoms with E-state index in [-0.39, 0.29) is 0 Å². The molecule has 0 spiro atoms. The lowest BCUT2D eigenvalue weighted by molar-refractivity contribution is 1.28. The molecule has 0 bridgehead atoms. The van der Waals surface area contributed by atoms with E-state index < -0.39 is 0 Å². The molecule has 0 aliphatic heterocycles. The minimum absolute atomic E-state index is 1.11. The minimum Gasteiger partial charge on any atom is -0.310 e. The first-order valence-electron chi connectivity index (χ1n) is 17.5. The topological polar surface area (TPSA) is 3.24 Å². The monoisotopic (exact) mass is 649 g/mol. The lowest BCUT2D eigenvalue weighted by atomic mass is 9.84. The number of hydrogen-bond acceptors (Lipinski definition) is 1. The van der Waals surface area contributed by atoms with Crippen molar-refractivity contribution in [3.8, 4) is 44.5 Å². The van der Waals surface area contributed by atoms with Gasteiger partial charge in [-0.05, 0) is 96.9 Å². The van der Waals surface area contributed by atoms with E-state index >= 15 is 0 Å². The zero-order chi connectivity index (χ0) is 34.0. The molecule has 9 aromatic rings. The van der Waals surface area contributed by atoms with Crippen LogP contribution in [0.3, 0.4) is 0 Å². The second-order valence-corrected chi connectivity index (χ2v) is 12.9. The van der Waals surface area contributed by atoms with Crippen molar-refractivity contribution in [2.24, 2.45) is 0 Å². The fraction of sp³-hybridized carbons (Fsp3) is 0. The highest BCUT2D eigenvalue weighted by Gasteiger charge is 2.19. The number of anilines is 3. The van der Waals surface area contributed by atoms with Crippen molar-refractivity contribution in [2.75, 3.05) is 4.90 Å². The fourth-order valence-corrected chi connectivity index (χ4v) is 7.52. The van der Waals surface area contributed by atoms with Crippen molar-refractivity contribution in [1.82, 2.24) is 0 Å². The summed E-state index contributed by atoms with van der Waals surface area (Å²) in [6.45, 7) is 0. The molecule has 51 heavy (non-hydrogen) atoms. The molecule has 0 unspecified atom stereocenters. The van der Waals surface area contributed by atoms with E-state index in [0.717, 1.165) is 17.1 Å². The van der Waals surface area contributed by atoms with Crippen LogP contribution in [0.5, 0.6) is 0 Å². The van der Waals surface area contributed by atoms with Gasteiger partial charge in [0.25, 0.3) is 0 Å². The molecule has 0 amide bonds. The maximum atomic E-state index is 2.39. The zero-order valence-corrected chi connectivity index (χ0v) is 28.2. The van der Waals surface area contributed by atoms with Gasteiger partial charge in [0, 0.05) is 16.9 Å². The average molecular weight is 650 g/mol. The second kappa shape index (κ2) is 13.3. The molecule has 0 aromatic heterocycles. The highest BCUT2D eigenvalue weighted by atomic mass is 15.1. The summed E-state index contributed by atoms with van der Waals surface area (Å²) >= 11 is 0. The molecule has 0 saturated heterocycles. The van der Waals surface area contributed by atoms with Crippen molar-refractivity contribution < 1.29 is 0 Å². The average Bonchev–Trinajstić information content (AvgIpc) is 3.22. The molecular formula is C50H35N. The largest absolute Gasteiger partial charge is 0.310 e. The Kier molecular flexibility index (Phi) is 7.92. The third-order valence-corrected chi connectivity index (χ3v) is 9.85. The van der Waals surface area contributed by atoms with Crippen LogP contribution >= 0.6 is 0 Å². The van der Waals surface area contributed by atoms with Crippen LogP contribution in [0.15, 0.2) is 212 Å². The maximum absolute atomic E-state index is 2.39. The van der Waals surface area contributed by atoms with Gasteiger partial charge in [-0.15, -0.1) is 0 Å². The summed E-state index contributed by atoms with van der Waals surface area (Å²) in [5, 5.41) is 5.05. The molecule has 0 aliphatic rings. The highest BCUT2D eigenvalue weighted by molar-refractivity contribution is 6.22. The predicted molar refractivity (Wildman–Crippen MR) is 218 cm³/mol. The lowest BCUT2D eigenvalue weighted by Crippen LogP contribution is -2.11. The molecule has 0 N–H and O–H groups in total. The molecular weight excluding hydrogens is 615 g/mol. The van der Waals surface area contributed by atoms with Gasteiger partial charge in [0.1, 0.15) is 0 Å². The van der Waals surface area contributed by atoms with E-state index in [4.69, 9.17) is 0 Å². The molecule has 1 heteroatoms. The summed E-state index contributed by atoms with van der Waals surface area (Å²) in [4.78, 5) is 2.36. The molecule has 240 valence electrons. The van der Waals surface area contributed by atoms with Crippen LogP contribution in [-0.4, -0.2) is 0 Å². The van der Waals surface area contributed by atoms with Crippen molar-refractivity contribution in [1.29, 1.82) is 0 Å². The molecule has 1 nitrogen and oxygen atoms in total. The van der Waals surface area contributed by atoms with Gasteiger partial charge in [-0.2, -0.15) is 0 Å². The normalized spacial score (nSPS) is 11.1. The van der Waals surface area contributed by atoms with Crippen molar-refractivity contribution >= 4 is 38.6 Å². The Morgan fingerprint density at radius 2 is 0.706 bits per heavy atom. The van der Waals surface area contributed by atoms with Crippen molar-refractivity contribution in [3.63, 3.8) is 0 Å². The third kappa shape index (κ3) is 5.65. The molecule has 0 aliphatic carbocycles. The van der Waals surface area contributed by atoms with Crippen molar-refractivity contribution in [3.05, 3.63) is 212 Å². The molecule has 9 aromatic carbocycles. The maximum Gasteiger partial charge on any atom is 0.0540 e. The molecule has 0 saturated carbocycles. The van der Waals surface area contributed by atoms with Crippen LogP contribution in [0, 0.1) is 0 Å². The van der Waals surface area contributed by atoms with Crippen LogP contribution in [0.1, 0.15) is 0 Å². The Morgan fingerprint density at radius 3 is 1.35 bits per heavy atom. The summed E-state index contributed by atoms with van der Waals surface area (Å²) in [7, 11) is 0. The Bertz CT molecular complexity index is 2590. The van der Waals surface area contributed by atoms with Gasteiger partial charge < -0.3 is 4.90 Å². The van der Waals surface area contributed by atoms with Gasteiger partial charge in [-0.25, -0.2) is 0 Å². The number of para-hydroxylation sites is 2. The number of benzene rings is 9. The number of nitrogens with zero attached hydrogens (tertiary/aromatic N) is 1. The van der Waals surface area contributed by atoms with Crippen LogP contribution in [0.25, 0.3) is 66.1 Å². The van der Waals surface area contributed by atoms with Gasteiger partial charge in [-0.1, -0.05) is 176 Å².